The van der Waals surface area contributed by atoms with Gasteiger partial charge in [-0.25, -0.2) is 4.79 Å². The van der Waals surface area contributed by atoms with Crippen molar-refractivity contribution in [2.24, 2.45) is 0 Å². The van der Waals surface area contributed by atoms with Crippen LogP contribution in [0.3, 0.4) is 0 Å². The van der Waals surface area contributed by atoms with Crippen LogP contribution in [0.1, 0.15) is 77.6 Å². The molecule has 0 aromatic carbocycles. The molecule has 0 aromatic heterocycles. The molecular formula is C20H41N2O4P. The van der Waals surface area contributed by atoms with Gasteiger partial charge < -0.3 is 19.7 Å². The SMILES string of the molecule is CCCCCNC(=O)NCCCCC=CCCCCCCP(=O)(OC)OC. The molecule has 0 aliphatic rings. The second-order valence-corrected chi connectivity index (χ2v) is 9.16. The summed E-state index contributed by atoms with van der Waals surface area (Å²) in [6.45, 7) is 3.65. The van der Waals surface area contributed by atoms with Crippen LogP contribution in [0, 0.1) is 0 Å². The predicted octanol–water partition coefficient (Wildman–Crippen LogP) is 5.64. The lowest BCUT2D eigenvalue weighted by molar-refractivity contribution is 0.240. The number of rotatable bonds is 18. The second-order valence-electron chi connectivity index (χ2n) is 6.76. The minimum Gasteiger partial charge on any atom is -0.338 e. The highest BCUT2D eigenvalue weighted by molar-refractivity contribution is 7.53. The van der Waals surface area contributed by atoms with E-state index in [4.69, 9.17) is 9.05 Å². The molecule has 6 nitrogen and oxygen atoms in total. The fourth-order valence-electron chi connectivity index (χ4n) is 2.64. The maximum absolute atomic E-state index is 11.9. The standard InChI is InChI=1S/C20H41N2O4P/c1-4-5-14-17-21-20(23)22-18-15-12-10-8-6-7-9-11-13-16-19-27(24,25-2)26-3/h6,8H,4-5,7,9-19H2,1-3H3,(H2,21,22,23). The number of amides is 2. The van der Waals surface area contributed by atoms with Crippen molar-refractivity contribution in [3.05, 3.63) is 12.2 Å². The maximum Gasteiger partial charge on any atom is 0.330 e. The average molecular weight is 405 g/mol. The van der Waals surface area contributed by atoms with E-state index in [-0.39, 0.29) is 6.03 Å². The van der Waals surface area contributed by atoms with Gasteiger partial charge in [-0.1, -0.05) is 44.8 Å². The molecule has 0 saturated carbocycles. The summed E-state index contributed by atoms with van der Waals surface area (Å²) < 4.78 is 21.7. The van der Waals surface area contributed by atoms with E-state index in [0.29, 0.717) is 6.16 Å². The van der Waals surface area contributed by atoms with Crippen LogP contribution >= 0.6 is 7.60 Å². The molecule has 0 aromatic rings. The molecule has 0 bridgehead atoms. The second kappa shape index (κ2) is 18.5. The van der Waals surface area contributed by atoms with Gasteiger partial charge in [0.2, 0.25) is 0 Å². The van der Waals surface area contributed by atoms with Gasteiger partial charge in [-0.2, -0.15) is 0 Å². The summed E-state index contributed by atoms with van der Waals surface area (Å²) >= 11 is 0. The Morgan fingerprint density at radius 1 is 0.815 bits per heavy atom. The van der Waals surface area contributed by atoms with Crippen LogP contribution in [-0.2, 0) is 13.6 Å². The highest BCUT2D eigenvalue weighted by Crippen LogP contribution is 2.47. The Morgan fingerprint density at radius 3 is 1.89 bits per heavy atom. The van der Waals surface area contributed by atoms with Crippen LogP contribution in [-0.4, -0.2) is 39.5 Å². The molecule has 0 spiro atoms. The zero-order chi connectivity index (χ0) is 20.2. The monoisotopic (exact) mass is 404 g/mol. The quantitative estimate of drug-likeness (QED) is 0.176. The van der Waals surface area contributed by atoms with Crippen LogP contribution in [0.15, 0.2) is 12.2 Å². The van der Waals surface area contributed by atoms with Crippen LogP contribution < -0.4 is 10.6 Å². The molecule has 7 heteroatoms. The lowest BCUT2D eigenvalue weighted by Crippen LogP contribution is -2.36. The molecular weight excluding hydrogens is 363 g/mol. The van der Waals surface area contributed by atoms with Crippen molar-refractivity contribution in [3.8, 4) is 0 Å². The molecule has 0 aliphatic heterocycles. The zero-order valence-corrected chi connectivity index (χ0v) is 18.5. The molecule has 160 valence electrons. The van der Waals surface area contributed by atoms with Crippen molar-refractivity contribution in [2.75, 3.05) is 33.5 Å². The number of nitrogens with one attached hydrogen (secondary N) is 2. The molecule has 0 radical (unpaired) electrons. The molecule has 2 N–H and O–H groups in total. The molecule has 0 fully saturated rings. The average Bonchev–Trinajstić information content (AvgIpc) is 2.68. The first-order valence-electron chi connectivity index (χ1n) is 10.4. The Kier molecular flexibility index (Phi) is 17.9. The van der Waals surface area contributed by atoms with Crippen molar-refractivity contribution >= 4 is 13.6 Å². The van der Waals surface area contributed by atoms with Crippen LogP contribution in [0.4, 0.5) is 4.79 Å². The Balaban J connectivity index is 3.36. The fraction of sp³-hybridized carbons (Fsp3) is 0.850. The van der Waals surface area contributed by atoms with E-state index in [1.807, 2.05) is 0 Å². The molecule has 0 aliphatic carbocycles. The first-order chi connectivity index (χ1) is 13.1. The van der Waals surface area contributed by atoms with Gasteiger partial charge in [0, 0.05) is 27.3 Å². The van der Waals surface area contributed by atoms with E-state index in [1.54, 1.807) is 0 Å². The van der Waals surface area contributed by atoms with Crippen molar-refractivity contribution in [2.45, 2.75) is 77.6 Å². The van der Waals surface area contributed by atoms with Gasteiger partial charge in [-0.05, 0) is 44.9 Å². The lowest BCUT2D eigenvalue weighted by Gasteiger charge is -2.12. The summed E-state index contributed by atoms with van der Waals surface area (Å²) in [5, 5.41) is 5.78. The van der Waals surface area contributed by atoms with Crippen molar-refractivity contribution in [1.29, 1.82) is 0 Å². The van der Waals surface area contributed by atoms with E-state index in [9.17, 15) is 9.36 Å². The van der Waals surface area contributed by atoms with Gasteiger partial charge in [-0.3, -0.25) is 4.57 Å². The summed E-state index contributed by atoms with van der Waals surface area (Å²) in [5.74, 6) is 0. The zero-order valence-electron chi connectivity index (χ0n) is 17.6. The minimum absolute atomic E-state index is 0.0472. The minimum atomic E-state index is -2.82. The predicted molar refractivity (Wildman–Crippen MR) is 113 cm³/mol. The highest BCUT2D eigenvalue weighted by Gasteiger charge is 2.19. The number of allylic oxidation sites excluding steroid dienone is 2. The summed E-state index contributed by atoms with van der Waals surface area (Å²) in [6.07, 6.45) is 16.8. The number of carbonyl (C=O) groups excluding carboxylic acids is 1. The normalized spacial score (nSPS) is 11.8. The molecule has 0 rings (SSSR count). The summed E-state index contributed by atoms with van der Waals surface area (Å²) in [5.41, 5.74) is 0. The van der Waals surface area contributed by atoms with Gasteiger partial charge in [0.1, 0.15) is 0 Å². The first-order valence-corrected chi connectivity index (χ1v) is 12.2. The van der Waals surface area contributed by atoms with Gasteiger partial charge in [-0.15, -0.1) is 0 Å². The summed E-state index contributed by atoms with van der Waals surface area (Å²) in [6, 6.07) is -0.0472. The van der Waals surface area contributed by atoms with Crippen molar-refractivity contribution in [3.63, 3.8) is 0 Å². The maximum atomic E-state index is 11.9. The fourth-order valence-corrected chi connectivity index (χ4v) is 3.77. The lowest BCUT2D eigenvalue weighted by atomic mass is 10.1. The molecule has 0 unspecified atom stereocenters. The highest BCUT2D eigenvalue weighted by atomic mass is 31.2. The van der Waals surface area contributed by atoms with Crippen molar-refractivity contribution < 1.29 is 18.4 Å². The Labute approximate surface area is 166 Å². The molecule has 27 heavy (non-hydrogen) atoms. The van der Waals surface area contributed by atoms with E-state index in [1.165, 1.54) is 20.6 Å². The van der Waals surface area contributed by atoms with Gasteiger partial charge in [0.05, 0.1) is 6.16 Å². The van der Waals surface area contributed by atoms with E-state index in [0.717, 1.165) is 77.3 Å². The third-order valence-corrected chi connectivity index (χ3v) is 6.40. The molecule has 0 heterocycles. The number of unbranched alkanes of at least 4 members (excludes halogenated alkanes) is 8. The van der Waals surface area contributed by atoms with Crippen molar-refractivity contribution in [1.82, 2.24) is 10.6 Å². The van der Waals surface area contributed by atoms with E-state index in [2.05, 4.69) is 29.7 Å². The molecule has 0 atom stereocenters. The number of carbonyl (C=O) groups is 1. The van der Waals surface area contributed by atoms with Gasteiger partial charge >= 0.3 is 13.6 Å². The first kappa shape index (κ1) is 26.2. The third kappa shape index (κ3) is 17.0. The smallest absolute Gasteiger partial charge is 0.330 e. The Hall–Kier alpha value is -0.840. The van der Waals surface area contributed by atoms with E-state index < -0.39 is 7.60 Å². The Morgan fingerprint density at radius 2 is 1.33 bits per heavy atom. The largest absolute Gasteiger partial charge is 0.338 e. The third-order valence-electron chi connectivity index (χ3n) is 4.42. The van der Waals surface area contributed by atoms with Gasteiger partial charge in [0.15, 0.2) is 0 Å². The van der Waals surface area contributed by atoms with Crippen LogP contribution in [0.5, 0.6) is 0 Å². The number of hydrogen-bond donors (Lipinski definition) is 2. The number of urea groups is 1. The molecule has 2 amide bonds. The Bertz CT molecular complexity index is 422. The summed E-state index contributed by atoms with van der Waals surface area (Å²) in [4.78, 5) is 11.5. The molecule has 0 saturated heterocycles. The number of hydrogen-bond acceptors (Lipinski definition) is 4. The topological polar surface area (TPSA) is 76.7 Å². The summed E-state index contributed by atoms with van der Waals surface area (Å²) in [7, 11) is 0.0577. The van der Waals surface area contributed by atoms with Crippen LogP contribution in [0.2, 0.25) is 0 Å². The van der Waals surface area contributed by atoms with Gasteiger partial charge in [0.25, 0.3) is 0 Å². The van der Waals surface area contributed by atoms with E-state index >= 15 is 0 Å². The van der Waals surface area contributed by atoms with Crippen LogP contribution in [0.25, 0.3) is 0 Å².